The van der Waals surface area contributed by atoms with Gasteiger partial charge in [0.2, 0.25) is 5.91 Å². The van der Waals surface area contributed by atoms with E-state index in [0.717, 1.165) is 6.42 Å². The van der Waals surface area contributed by atoms with E-state index in [4.69, 9.17) is 11.6 Å². The van der Waals surface area contributed by atoms with E-state index >= 15 is 0 Å². The van der Waals surface area contributed by atoms with Crippen LogP contribution in [0.15, 0.2) is 52.4 Å². The maximum Gasteiger partial charge on any atom is 0.262 e. The predicted octanol–water partition coefficient (Wildman–Crippen LogP) is 4.58. The number of amides is 2. The molecule has 0 bridgehead atoms. The van der Waals surface area contributed by atoms with Crippen molar-refractivity contribution in [3.05, 3.63) is 63.4 Å². The van der Waals surface area contributed by atoms with Crippen LogP contribution < -0.4 is 16.2 Å². The van der Waals surface area contributed by atoms with Crippen LogP contribution in [0.1, 0.15) is 37.6 Å². The van der Waals surface area contributed by atoms with Crippen molar-refractivity contribution >= 4 is 51.8 Å². The number of carbonyl (C=O) groups is 2. The number of hydrogen-bond donors (Lipinski definition) is 2. The molecule has 0 saturated heterocycles. The second kappa shape index (κ2) is 11.3. The molecule has 0 aliphatic heterocycles. The van der Waals surface area contributed by atoms with Crippen LogP contribution in [0.2, 0.25) is 5.02 Å². The smallest absolute Gasteiger partial charge is 0.262 e. The van der Waals surface area contributed by atoms with Crippen molar-refractivity contribution in [3.63, 3.8) is 0 Å². The van der Waals surface area contributed by atoms with Crippen LogP contribution in [-0.2, 0) is 11.3 Å². The number of anilines is 1. The summed E-state index contributed by atoms with van der Waals surface area (Å²) in [6.07, 6.45) is 0.813. The molecule has 7 nitrogen and oxygen atoms in total. The standard InChI is InChI=1S/C24H27ClN4O3S/c1-4-26-22(31)16-6-5-7-18(12-16)27-21(30)14-33-24-28-20-13-17(25)8-9-19(20)23(32)29(24)11-10-15(2)3/h5-9,12-13,15H,4,10-11,14H2,1-3H3,(H,26,31)(H,27,30). The van der Waals surface area contributed by atoms with Gasteiger partial charge in [0.25, 0.3) is 11.5 Å². The van der Waals surface area contributed by atoms with Gasteiger partial charge >= 0.3 is 0 Å². The van der Waals surface area contributed by atoms with Crippen molar-refractivity contribution in [1.82, 2.24) is 14.9 Å². The van der Waals surface area contributed by atoms with Crippen LogP contribution in [0.4, 0.5) is 5.69 Å². The Bertz CT molecular complexity index is 1230. The van der Waals surface area contributed by atoms with Crippen LogP contribution in [0.25, 0.3) is 10.9 Å². The van der Waals surface area contributed by atoms with Crippen LogP contribution in [-0.4, -0.2) is 33.7 Å². The molecule has 0 aliphatic rings. The molecule has 0 spiro atoms. The summed E-state index contributed by atoms with van der Waals surface area (Å²) in [7, 11) is 0. The highest BCUT2D eigenvalue weighted by atomic mass is 35.5. The SMILES string of the molecule is CCNC(=O)c1cccc(NC(=O)CSc2nc3cc(Cl)ccc3c(=O)n2CCC(C)C)c1. The van der Waals surface area contributed by atoms with Crippen molar-refractivity contribution in [2.75, 3.05) is 17.6 Å². The van der Waals surface area contributed by atoms with E-state index in [-0.39, 0.29) is 23.1 Å². The number of halogens is 1. The summed E-state index contributed by atoms with van der Waals surface area (Å²) in [6.45, 7) is 7.06. The van der Waals surface area contributed by atoms with Crippen molar-refractivity contribution in [2.24, 2.45) is 5.92 Å². The van der Waals surface area contributed by atoms with Gasteiger partial charge in [0.05, 0.1) is 16.7 Å². The van der Waals surface area contributed by atoms with Crippen LogP contribution in [0.5, 0.6) is 0 Å². The van der Waals surface area contributed by atoms with Gasteiger partial charge in [0, 0.05) is 29.4 Å². The predicted molar refractivity (Wildman–Crippen MR) is 134 cm³/mol. The number of fused-ring (bicyclic) bond motifs is 1. The summed E-state index contributed by atoms with van der Waals surface area (Å²) in [5, 5.41) is 7.01. The number of nitrogens with one attached hydrogen (secondary N) is 2. The average molecular weight is 487 g/mol. The lowest BCUT2D eigenvalue weighted by Gasteiger charge is -2.14. The minimum Gasteiger partial charge on any atom is -0.352 e. The highest BCUT2D eigenvalue weighted by Gasteiger charge is 2.15. The summed E-state index contributed by atoms with van der Waals surface area (Å²) in [5.41, 5.74) is 1.36. The highest BCUT2D eigenvalue weighted by molar-refractivity contribution is 7.99. The maximum atomic E-state index is 13.1. The summed E-state index contributed by atoms with van der Waals surface area (Å²) in [5.74, 6) is 0.0159. The molecule has 2 amide bonds. The Hall–Kier alpha value is -2.84. The Morgan fingerprint density at radius 1 is 1.18 bits per heavy atom. The molecule has 174 valence electrons. The number of rotatable bonds is 9. The Morgan fingerprint density at radius 3 is 2.70 bits per heavy atom. The fraction of sp³-hybridized carbons (Fsp3) is 0.333. The Morgan fingerprint density at radius 2 is 1.97 bits per heavy atom. The first-order valence-corrected chi connectivity index (χ1v) is 12.2. The van der Waals surface area contributed by atoms with E-state index in [1.165, 1.54) is 11.8 Å². The zero-order valence-corrected chi connectivity index (χ0v) is 20.4. The molecule has 2 aromatic carbocycles. The van der Waals surface area contributed by atoms with Crippen LogP contribution in [0, 0.1) is 5.92 Å². The van der Waals surface area contributed by atoms with E-state index in [2.05, 4.69) is 29.5 Å². The summed E-state index contributed by atoms with van der Waals surface area (Å²) in [4.78, 5) is 42.3. The quantitative estimate of drug-likeness (QED) is 0.341. The van der Waals surface area contributed by atoms with Gasteiger partial charge in [-0.15, -0.1) is 0 Å². The summed E-state index contributed by atoms with van der Waals surface area (Å²) >= 11 is 7.29. The lowest BCUT2D eigenvalue weighted by molar-refractivity contribution is -0.113. The molecular formula is C24H27ClN4O3S. The summed E-state index contributed by atoms with van der Waals surface area (Å²) in [6, 6.07) is 11.8. The lowest BCUT2D eigenvalue weighted by Crippen LogP contribution is -2.25. The van der Waals surface area contributed by atoms with Crippen molar-refractivity contribution in [3.8, 4) is 0 Å². The third-order valence-electron chi connectivity index (χ3n) is 4.89. The molecule has 1 aromatic heterocycles. The molecule has 0 saturated carbocycles. The van der Waals surface area contributed by atoms with Crippen molar-refractivity contribution in [2.45, 2.75) is 38.9 Å². The van der Waals surface area contributed by atoms with Crippen LogP contribution in [0.3, 0.4) is 0 Å². The normalized spacial score (nSPS) is 11.1. The number of aromatic nitrogens is 2. The first-order chi connectivity index (χ1) is 15.8. The largest absolute Gasteiger partial charge is 0.352 e. The van der Waals surface area contributed by atoms with Crippen LogP contribution >= 0.6 is 23.4 Å². The van der Waals surface area contributed by atoms with Gasteiger partial charge in [-0.3, -0.25) is 19.0 Å². The first kappa shape index (κ1) is 24.8. The lowest BCUT2D eigenvalue weighted by atomic mass is 10.1. The first-order valence-electron chi connectivity index (χ1n) is 10.8. The molecule has 0 unspecified atom stereocenters. The zero-order valence-electron chi connectivity index (χ0n) is 18.9. The van der Waals surface area contributed by atoms with Gasteiger partial charge in [-0.1, -0.05) is 43.3 Å². The zero-order chi connectivity index (χ0) is 24.0. The van der Waals surface area contributed by atoms with Gasteiger partial charge in [0.15, 0.2) is 5.16 Å². The minimum atomic E-state index is -0.260. The molecule has 1 heterocycles. The fourth-order valence-corrected chi connectivity index (χ4v) is 4.19. The van der Waals surface area contributed by atoms with Gasteiger partial charge in [0.1, 0.15) is 0 Å². The fourth-order valence-electron chi connectivity index (χ4n) is 3.20. The topological polar surface area (TPSA) is 93.1 Å². The van der Waals surface area contributed by atoms with E-state index < -0.39 is 0 Å². The molecule has 0 fully saturated rings. The molecular weight excluding hydrogens is 460 g/mol. The van der Waals surface area contributed by atoms with E-state index in [1.807, 2.05) is 6.92 Å². The third-order valence-corrected chi connectivity index (χ3v) is 6.10. The number of hydrogen-bond acceptors (Lipinski definition) is 5. The monoisotopic (exact) mass is 486 g/mol. The Kier molecular flexibility index (Phi) is 8.52. The van der Waals surface area contributed by atoms with Gasteiger partial charge < -0.3 is 10.6 Å². The molecule has 3 aromatic rings. The van der Waals surface area contributed by atoms with Crippen molar-refractivity contribution < 1.29 is 9.59 Å². The Balaban J connectivity index is 1.79. The van der Waals surface area contributed by atoms with E-state index in [9.17, 15) is 14.4 Å². The van der Waals surface area contributed by atoms with Crippen molar-refractivity contribution in [1.29, 1.82) is 0 Å². The maximum absolute atomic E-state index is 13.1. The van der Waals surface area contributed by atoms with Gasteiger partial charge in [-0.05, 0) is 55.7 Å². The Labute approximate surface area is 201 Å². The van der Waals surface area contributed by atoms with Gasteiger partial charge in [-0.2, -0.15) is 0 Å². The van der Waals surface area contributed by atoms with E-state index in [0.29, 0.717) is 51.3 Å². The second-order valence-corrected chi connectivity index (χ2v) is 9.35. The minimum absolute atomic E-state index is 0.0611. The average Bonchev–Trinajstić information content (AvgIpc) is 2.77. The molecule has 2 N–H and O–H groups in total. The molecule has 3 rings (SSSR count). The molecule has 0 radical (unpaired) electrons. The number of benzene rings is 2. The third kappa shape index (κ3) is 6.58. The molecule has 9 heteroatoms. The second-order valence-electron chi connectivity index (χ2n) is 7.97. The molecule has 0 aliphatic carbocycles. The van der Waals surface area contributed by atoms with E-state index in [1.54, 1.807) is 47.0 Å². The highest BCUT2D eigenvalue weighted by Crippen LogP contribution is 2.22. The molecule has 0 atom stereocenters. The number of nitrogens with zero attached hydrogens (tertiary/aromatic N) is 2. The number of carbonyl (C=O) groups excluding carboxylic acids is 2. The molecule has 33 heavy (non-hydrogen) atoms. The summed E-state index contributed by atoms with van der Waals surface area (Å²) < 4.78 is 1.63. The number of thioether (sulfide) groups is 1. The van der Waals surface area contributed by atoms with Gasteiger partial charge in [-0.25, -0.2) is 4.98 Å².